The quantitative estimate of drug-likeness (QED) is 0.764. The van der Waals surface area contributed by atoms with E-state index in [9.17, 15) is 13.2 Å². The Morgan fingerprint density at radius 2 is 2.00 bits per heavy atom. The van der Waals surface area contributed by atoms with E-state index in [0.29, 0.717) is 18.0 Å². The zero-order valence-electron chi connectivity index (χ0n) is 14.3. The Balaban J connectivity index is 1.96. The molecule has 7 heteroatoms. The van der Waals surface area contributed by atoms with Gasteiger partial charge in [0.1, 0.15) is 0 Å². The average molecular weight is 354 g/mol. The lowest BCUT2D eigenvalue weighted by Crippen LogP contribution is -2.28. The first-order valence-corrected chi connectivity index (χ1v) is 9.80. The molecule has 0 radical (unpaired) electrons. The number of hydrogen-bond acceptors (Lipinski definition) is 4. The largest absolute Gasteiger partial charge is 0.352 e. The summed E-state index contributed by atoms with van der Waals surface area (Å²) in [5.74, 6) is 0.448. The van der Waals surface area contributed by atoms with Crippen LogP contribution in [-0.2, 0) is 14.9 Å². The van der Waals surface area contributed by atoms with Crippen LogP contribution < -0.4 is 5.32 Å². The van der Waals surface area contributed by atoms with Gasteiger partial charge in [-0.2, -0.15) is 0 Å². The molecule has 24 heavy (non-hydrogen) atoms. The third-order valence-corrected chi connectivity index (χ3v) is 6.23. The zero-order chi connectivity index (χ0) is 17.6. The molecule has 0 atom stereocenters. The number of benzene rings is 1. The van der Waals surface area contributed by atoms with Gasteiger partial charge in [-0.1, -0.05) is 42.6 Å². The molecule has 1 saturated carbocycles. The van der Waals surface area contributed by atoms with E-state index in [4.69, 9.17) is 4.84 Å². The lowest BCUT2D eigenvalue weighted by atomic mass is 9.87. The summed E-state index contributed by atoms with van der Waals surface area (Å²) in [7, 11) is -1.16. The second-order valence-electron chi connectivity index (χ2n) is 6.17. The van der Waals surface area contributed by atoms with E-state index in [1.165, 1.54) is 58.4 Å². The molecule has 1 aromatic carbocycles. The Hall–Kier alpha value is -1.44. The fourth-order valence-corrected chi connectivity index (χ4v) is 4.03. The molecule has 0 saturated heterocycles. The van der Waals surface area contributed by atoms with Crippen LogP contribution in [0.5, 0.6) is 0 Å². The molecule has 0 spiro atoms. The number of hydroxylamine groups is 1. The summed E-state index contributed by atoms with van der Waals surface area (Å²) in [4.78, 5) is 17.0. The van der Waals surface area contributed by atoms with E-state index in [0.717, 1.165) is 10.9 Å². The van der Waals surface area contributed by atoms with Crippen molar-refractivity contribution in [3.8, 4) is 0 Å². The Labute approximate surface area is 144 Å². The fourth-order valence-electron chi connectivity index (χ4n) is 3.01. The molecule has 2 rings (SSSR count). The number of nitrogens with one attached hydrogen (secondary N) is 1. The summed E-state index contributed by atoms with van der Waals surface area (Å²) in [6.45, 7) is 0.623. The molecule has 1 fully saturated rings. The van der Waals surface area contributed by atoms with Crippen LogP contribution >= 0.6 is 0 Å². The van der Waals surface area contributed by atoms with Crippen LogP contribution in [0.15, 0.2) is 29.2 Å². The van der Waals surface area contributed by atoms with Crippen LogP contribution in [-0.4, -0.2) is 39.5 Å². The van der Waals surface area contributed by atoms with Crippen molar-refractivity contribution in [2.75, 3.05) is 20.7 Å². The van der Waals surface area contributed by atoms with Gasteiger partial charge in [-0.05, 0) is 30.5 Å². The maximum absolute atomic E-state index is 12.3. The predicted molar refractivity (Wildman–Crippen MR) is 91.9 cm³/mol. The van der Waals surface area contributed by atoms with Gasteiger partial charge in [0.2, 0.25) is 0 Å². The van der Waals surface area contributed by atoms with E-state index >= 15 is 0 Å². The van der Waals surface area contributed by atoms with Gasteiger partial charge in [0, 0.05) is 19.2 Å². The van der Waals surface area contributed by atoms with E-state index < -0.39 is 10.0 Å². The van der Waals surface area contributed by atoms with Crippen LogP contribution in [0.2, 0.25) is 0 Å². The molecule has 0 aliphatic heterocycles. The molecule has 0 heterocycles. The van der Waals surface area contributed by atoms with Gasteiger partial charge in [0.15, 0.2) is 0 Å². The highest BCUT2D eigenvalue weighted by Gasteiger charge is 2.22. The van der Waals surface area contributed by atoms with Crippen LogP contribution in [0.4, 0.5) is 0 Å². The maximum Gasteiger partial charge on any atom is 0.264 e. The van der Waals surface area contributed by atoms with Gasteiger partial charge in [-0.25, -0.2) is 8.42 Å². The van der Waals surface area contributed by atoms with E-state index in [1.54, 1.807) is 12.1 Å². The van der Waals surface area contributed by atoms with Crippen LogP contribution in [0.3, 0.4) is 0 Å². The highest BCUT2D eigenvalue weighted by molar-refractivity contribution is 7.89. The molecular formula is C17H26N2O4S. The number of amides is 1. The van der Waals surface area contributed by atoms with Gasteiger partial charge in [-0.15, -0.1) is 0 Å². The molecular weight excluding hydrogens is 328 g/mol. The number of nitrogens with zero attached hydrogens (tertiary/aromatic N) is 1. The predicted octanol–water partition coefficient (Wildman–Crippen LogP) is 2.57. The highest BCUT2D eigenvalue weighted by atomic mass is 32.2. The number of sulfonamides is 1. The Bertz CT molecular complexity index is 654. The first-order chi connectivity index (χ1) is 11.4. The molecule has 0 bridgehead atoms. The summed E-state index contributed by atoms with van der Waals surface area (Å²) >= 11 is 0. The van der Waals surface area contributed by atoms with Crippen LogP contribution in [0.25, 0.3) is 0 Å². The van der Waals surface area contributed by atoms with Crippen LogP contribution in [0.1, 0.15) is 48.9 Å². The second kappa shape index (κ2) is 8.60. The number of hydrogen-bond donors (Lipinski definition) is 1. The number of carbonyl (C=O) groups excluding carboxylic acids is 1. The smallest absolute Gasteiger partial charge is 0.264 e. The highest BCUT2D eigenvalue weighted by Crippen LogP contribution is 2.25. The molecule has 1 aromatic rings. The van der Waals surface area contributed by atoms with Crippen molar-refractivity contribution < 1.29 is 18.0 Å². The van der Waals surface area contributed by atoms with Crippen molar-refractivity contribution in [3.05, 3.63) is 29.8 Å². The van der Waals surface area contributed by atoms with E-state index in [-0.39, 0.29) is 10.8 Å². The van der Waals surface area contributed by atoms with E-state index in [2.05, 4.69) is 5.32 Å². The monoisotopic (exact) mass is 354 g/mol. The summed E-state index contributed by atoms with van der Waals surface area (Å²) in [5.41, 5.74) is 0.337. The van der Waals surface area contributed by atoms with Gasteiger partial charge in [0.05, 0.1) is 12.0 Å². The Kier molecular flexibility index (Phi) is 6.77. The molecule has 0 unspecified atom stereocenters. The van der Waals surface area contributed by atoms with Gasteiger partial charge in [0.25, 0.3) is 15.9 Å². The number of rotatable bonds is 7. The minimum Gasteiger partial charge on any atom is -0.352 e. The standard InChI is InChI=1S/C17H26N2O4S/c1-19(23-2)24(21,22)16-10-6-9-15(13-16)17(20)18-12-11-14-7-4-3-5-8-14/h6,9-10,13-14H,3-5,7-8,11-12H2,1-2H3,(H,18,20). The molecule has 6 nitrogen and oxygen atoms in total. The molecule has 1 amide bonds. The normalized spacial score (nSPS) is 16.3. The van der Waals surface area contributed by atoms with Crippen molar-refractivity contribution in [1.82, 2.24) is 9.79 Å². The minimum atomic E-state index is -3.75. The van der Waals surface area contributed by atoms with Crippen molar-refractivity contribution in [3.63, 3.8) is 0 Å². The van der Waals surface area contributed by atoms with Gasteiger partial charge in [-0.3, -0.25) is 9.63 Å². The SMILES string of the molecule is CON(C)S(=O)(=O)c1cccc(C(=O)NCCC2CCCCC2)c1. The zero-order valence-corrected chi connectivity index (χ0v) is 15.1. The Morgan fingerprint density at radius 3 is 2.67 bits per heavy atom. The molecule has 0 aromatic heterocycles. The number of carbonyl (C=O) groups is 1. The Morgan fingerprint density at radius 1 is 1.29 bits per heavy atom. The molecule has 134 valence electrons. The first-order valence-electron chi connectivity index (χ1n) is 8.36. The summed E-state index contributed by atoms with van der Waals surface area (Å²) in [5, 5.41) is 2.89. The summed E-state index contributed by atoms with van der Waals surface area (Å²) < 4.78 is 25.2. The first kappa shape index (κ1) is 18.9. The lowest BCUT2D eigenvalue weighted by Gasteiger charge is -2.21. The summed E-state index contributed by atoms with van der Waals surface area (Å²) in [6.07, 6.45) is 7.35. The molecule has 1 aliphatic rings. The van der Waals surface area contributed by atoms with Crippen molar-refractivity contribution >= 4 is 15.9 Å². The maximum atomic E-state index is 12.3. The minimum absolute atomic E-state index is 0.0341. The lowest BCUT2D eigenvalue weighted by molar-refractivity contribution is -0.0258. The topological polar surface area (TPSA) is 75.7 Å². The third-order valence-electron chi connectivity index (χ3n) is 4.55. The fraction of sp³-hybridized carbons (Fsp3) is 0.588. The summed E-state index contributed by atoms with van der Waals surface area (Å²) in [6, 6.07) is 6.00. The van der Waals surface area contributed by atoms with Crippen molar-refractivity contribution in [2.24, 2.45) is 5.92 Å². The van der Waals surface area contributed by atoms with Crippen molar-refractivity contribution in [1.29, 1.82) is 0 Å². The van der Waals surface area contributed by atoms with Gasteiger partial charge >= 0.3 is 0 Å². The van der Waals surface area contributed by atoms with Gasteiger partial charge < -0.3 is 5.32 Å². The van der Waals surface area contributed by atoms with Crippen LogP contribution in [0, 0.1) is 5.92 Å². The third kappa shape index (κ3) is 4.78. The van der Waals surface area contributed by atoms with E-state index in [1.807, 2.05) is 0 Å². The second-order valence-corrected chi connectivity index (χ2v) is 8.11. The average Bonchev–Trinajstić information content (AvgIpc) is 2.61. The molecule has 1 aliphatic carbocycles. The van der Waals surface area contributed by atoms with Crippen molar-refractivity contribution in [2.45, 2.75) is 43.4 Å². The molecule has 1 N–H and O–H groups in total.